The van der Waals surface area contributed by atoms with Gasteiger partial charge in [0.25, 0.3) is 15.9 Å². The first-order valence-corrected chi connectivity index (χ1v) is 13.2. The Morgan fingerprint density at radius 1 is 1.12 bits per heavy atom. The number of likely N-dealkylation sites (N-methyl/N-ethyl adjacent to an activating group) is 1. The molecule has 1 N–H and O–H groups in total. The molecule has 1 aliphatic rings. The zero-order chi connectivity index (χ0) is 22.9. The second-order valence-corrected chi connectivity index (χ2v) is 11.8. The summed E-state index contributed by atoms with van der Waals surface area (Å²) in [7, 11) is -2.35. The van der Waals surface area contributed by atoms with Crippen molar-refractivity contribution in [2.45, 2.75) is 24.1 Å². The SMILES string of the molecule is Cc1c(NC(=O)CN(C)S(=O)(=O)c2cccs2)cccc1C(=O)N1CCc2sccc2C1. The van der Waals surface area contributed by atoms with Crippen LogP contribution in [-0.4, -0.2) is 49.6 Å². The number of amides is 2. The maximum atomic E-state index is 13.2. The van der Waals surface area contributed by atoms with Crippen LogP contribution in [0.25, 0.3) is 0 Å². The zero-order valence-corrected chi connectivity index (χ0v) is 20.1. The lowest BCUT2D eigenvalue weighted by Crippen LogP contribution is -2.36. The number of hydrogen-bond acceptors (Lipinski definition) is 6. The third-order valence-corrected chi connectivity index (χ3v) is 9.66. The fraction of sp³-hybridized carbons (Fsp3) is 0.273. The largest absolute Gasteiger partial charge is 0.334 e. The Bertz CT molecular complexity index is 1250. The molecule has 0 saturated heterocycles. The van der Waals surface area contributed by atoms with Crippen LogP contribution in [0.2, 0.25) is 0 Å². The molecule has 10 heteroatoms. The minimum Gasteiger partial charge on any atom is -0.334 e. The molecule has 168 valence electrons. The quantitative estimate of drug-likeness (QED) is 0.573. The summed E-state index contributed by atoms with van der Waals surface area (Å²) < 4.78 is 26.3. The highest BCUT2D eigenvalue weighted by Gasteiger charge is 2.26. The Kier molecular flexibility index (Phi) is 6.47. The van der Waals surface area contributed by atoms with E-state index < -0.39 is 15.9 Å². The number of nitrogens with one attached hydrogen (secondary N) is 1. The van der Waals surface area contributed by atoms with Crippen LogP contribution in [0.1, 0.15) is 26.4 Å². The van der Waals surface area contributed by atoms with Gasteiger partial charge in [0.15, 0.2) is 0 Å². The van der Waals surface area contributed by atoms with Gasteiger partial charge in [-0.2, -0.15) is 4.31 Å². The van der Waals surface area contributed by atoms with Crippen LogP contribution in [0.3, 0.4) is 0 Å². The minimum atomic E-state index is -3.72. The number of carbonyl (C=O) groups excluding carboxylic acids is 2. The van der Waals surface area contributed by atoms with Crippen LogP contribution in [0.4, 0.5) is 5.69 Å². The molecule has 0 aliphatic carbocycles. The van der Waals surface area contributed by atoms with E-state index in [0.717, 1.165) is 22.1 Å². The Balaban J connectivity index is 1.45. The molecule has 1 aliphatic heterocycles. The molecule has 2 aromatic heterocycles. The lowest BCUT2D eigenvalue weighted by atomic mass is 10.0. The molecule has 32 heavy (non-hydrogen) atoms. The minimum absolute atomic E-state index is 0.0761. The van der Waals surface area contributed by atoms with E-state index in [1.54, 1.807) is 47.9 Å². The van der Waals surface area contributed by atoms with E-state index in [1.807, 2.05) is 4.90 Å². The summed E-state index contributed by atoms with van der Waals surface area (Å²) in [6, 6.07) is 10.4. The van der Waals surface area contributed by atoms with Crippen molar-refractivity contribution in [1.29, 1.82) is 0 Å². The van der Waals surface area contributed by atoms with Crippen LogP contribution < -0.4 is 5.32 Å². The molecule has 0 fully saturated rings. The Hall–Kier alpha value is -2.53. The highest BCUT2D eigenvalue weighted by Crippen LogP contribution is 2.27. The van der Waals surface area contributed by atoms with Crippen molar-refractivity contribution in [3.8, 4) is 0 Å². The topological polar surface area (TPSA) is 86.8 Å². The molecule has 2 amide bonds. The number of hydrogen-bond donors (Lipinski definition) is 1. The second-order valence-electron chi connectivity index (χ2n) is 7.57. The summed E-state index contributed by atoms with van der Waals surface area (Å²) in [5, 5.41) is 6.48. The van der Waals surface area contributed by atoms with Gasteiger partial charge in [-0.25, -0.2) is 8.42 Å². The van der Waals surface area contributed by atoms with Crippen molar-refractivity contribution in [1.82, 2.24) is 9.21 Å². The molecule has 0 saturated carbocycles. The molecule has 0 atom stereocenters. The van der Waals surface area contributed by atoms with Gasteiger partial charge >= 0.3 is 0 Å². The molecular weight excluding hydrogens is 466 g/mol. The lowest BCUT2D eigenvalue weighted by molar-refractivity contribution is -0.116. The van der Waals surface area contributed by atoms with Gasteiger partial charge in [-0.15, -0.1) is 22.7 Å². The fourth-order valence-electron chi connectivity index (χ4n) is 3.64. The third-order valence-electron chi connectivity index (χ3n) is 5.46. The second kappa shape index (κ2) is 9.14. The van der Waals surface area contributed by atoms with Crippen LogP contribution in [-0.2, 0) is 27.8 Å². The van der Waals surface area contributed by atoms with Crippen LogP contribution >= 0.6 is 22.7 Å². The highest BCUT2D eigenvalue weighted by atomic mass is 32.2. The van der Waals surface area contributed by atoms with Gasteiger partial charge in [-0.1, -0.05) is 12.1 Å². The van der Waals surface area contributed by atoms with Gasteiger partial charge in [0.1, 0.15) is 4.21 Å². The molecule has 1 aromatic carbocycles. The van der Waals surface area contributed by atoms with Crippen molar-refractivity contribution in [3.05, 3.63) is 68.7 Å². The number of nitrogens with zero attached hydrogens (tertiary/aromatic N) is 2. The standard InChI is InChI=1S/C22H23N3O4S3/c1-15-17(22(27)25-10-8-19-16(13-25)9-12-30-19)5-3-6-18(15)23-20(26)14-24(2)32(28,29)21-7-4-11-31-21/h3-7,9,11-12H,8,10,13-14H2,1-2H3,(H,23,26). The maximum absolute atomic E-state index is 13.2. The number of carbonyl (C=O) groups is 2. The molecule has 4 rings (SSSR count). The predicted molar refractivity (Wildman–Crippen MR) is 127 cm³/mol. The van der Waals surface area contributed by atoms with Crippen molar-refractivity contribution in [2.24, 2.45) is 0 Å². The Labute approximate surface area is 195 Å². The number of sulfonamides is 1. The number of thiophene rings is 2. The third kappa shape index (κ3) is 4.49. The van der Waals surface area contributed by atoms with Crippen LogP contribution in [0.5, 0.6) is 0 Å². The van der Waals surface area contributed by atoms with Gasteiger partial charge in [0.05, 0.1) is 6.54 Å². The van der Waals surface area contributed by atoms with E-state index in [2.05, 4.69) is 16.8 Å². The molecule has 3 aromatic rings. The van der Waals surface area contributed by atoms with Gasteiger partial charge in [0.2, 0.25) is 5.91 Å². The fourth-order valence-corrected chi connectivity index (χ4v) is 6.85. The summed E-state index contributed by atoms with van der Waals surface area (Å²) in [6.07, 6.45) is 0.846. The van der Waals surface area contributed by atoms with Crippen molar-refractivity contribution < 1.29 is 18.0 Å². The van der Waals surface area contributed by atoms with Gasteiger partial charge < -0.3 is 10.2 Å². The van der Waals surface area contributed by atoms with E-state index in [-0.39, 0.29) is 16.7 Å². The van der Waals surface area contributed by atoms with Crippen molar-refractivity contribution in [2.75, 3.05) is 25.5 Å². The first kappa shape index (κ1) is 22.7. The van der Waals surface area contributed by atoms with Crippen LogP contribution in [0, 0.1) is 6.92 Å². The summed E-state index contributed by atoms with van der Waals surface area (Å²) in [4.78, 5) is 28.9. The van der Waals surface area contributed by atoms with Crippen LogP contribution in [0.15, 0.2) is 51.4 Å². The van der Waals surface area contributed by atoms with Crippen molar-refractivity contribution in [3.63, 3.8) is 0 Å². The molecule has 7 nitrogen and oxygen atoms in total. The van der Waals surface area contributed by atoms with Gasteiger partial charge in [0, 0.05) is 36.3 Å². The smallest absolute Gasteiger partial charge is 0.254 e. The first-order valence-electron chi connectivity index (χ1n) is 10.0. The lowest BCUT2D eigenvalue weighted by Gasteiger charge is -2.28. The van der Waals surface area contributed by atoms with Gasteiger partial charge in [-0.05, 0) is 59.5 Å². The predicted octanol–water partition coefficient (Wildman–Crippen LogP) is 3.58. The van der Waals surface area contributed by atoms with E-state index in [0.29, 0.717) is 29.9 Å². The molecule has 3 heterocycles. The summed E-state index contributed by atoms with van der Waals surface area (Å²) in [5.74, 6) is -0.547. The monoisotopic (exact) mass is 489 g/mol. The van der Waals surface area contributed by atoms with Gasteiger partial charge in [-0.3, -0.25) is 9.59 Å². The number of fused-ring (bicyclic) bond motifs is 1. The van der Waals surface area contributed by atoms with E-state index in [9.17, 15) is 18.0 Å². The zero-order valence-electron chi connectivity index (χ0n) is 17.7. The molecule has 0 spiro atoms. The molecular formula is C22H23N3O4S3. The maximum Gasteiger partial charge on any atom is 0.254 e. The summed E-state index contributed by atoms with van der Waals surface area (Å²) >= 11 is 2.83. The van der Waals surface area contributed by atoms with E-state index in [1.165, 1.54) is 23.6 Å². The van der Waals surface area contributed by atoms with E-state index in [4.69, 9.17) is 0 Å². The normalized spacial score (nSPS) is 13.8. The average Bonchev–Trinajstić information content (AvgIpc) is 3.46. The molecule has 0 radical (unpaired) electrons. The Morgan fingerprint density at radius 3 is 2.69 bits per heavy atom. The molecule has 0 bridgehead atoms. The number of rotatable bonds is 6. The first-order chi connectivity index (χ1) is 15.3. The summed E-state index contributed by atoms with van der Waals surface area (Å²) in [6.45, 7) is 2.70. The average molecular weight is 490 g/mol. The number of benzene rings is 1. The van der Waals surface area contributed by atoms with Crippen molar-refractivity contribution >= 4 is 50.2 Å². The number of anilines is 1. The van der Waals surface area contributed by atoms with E-state index >= 15 is 0 Å². The highest BCUT2D eigenvalue weighted by molar-refractivity contribution is 7.91. The Morgan fingerprint density at radius 2 is 1.94 bits per heavy atom. The molecule has 0 unspecified atom stereocenters. The summed E-state index contributed by atoms with van der Waals surface area (Å²) in [5.41, 5.74) is 2.87.